The number of nitrogens with two attached hydrogens (primary N) is 1. The third-order valence-corrected chi connectivity index (χ3v) is 4.71. The Balaban J connectivity index is 0.00000162. The largest absolute Gasteiger partial charge is 0.353 e. The SMILES string of the molecule is Cl.Cl.NC1(C(=O)NCCN2CCSCC2)CCCC1. The lowest BCUT2D eigenvalue weighted by Gasteiger charge is -2.27. The highest BCUT2D eigenvalue weighted by Crippen LogP contribution is 2.27. The molecule has 1 saturated heterocycles. The average Bonchev–Trinajstić information content (AvgIpc) is 2.79. The molecule has 1 aliphatic heterocycles. The number of hydrogen-bond acceptors (Lipinski definition) is 4. The van der Waals surface area contributed by atoms with Gasteiger partial charge in [0.05, 0.1) is 5.54 Å². The summed E-state index contributed by atoms with van der Waals surface area (Å²) in [7, 11) is 0. The van der Waals surface area contributed by atoms with E-state index in [4.69, 9.17) is 5.73 Å². The predicted octanol–water partition coefficient (Wildman–Crippen LogP) is 1.27. The van der Waals surface area contributed by atoms with Gasteiger partial charge in [0.1, 0.15) is 0 Å². The molecule has 114 valence electrons. The van der Waals surface area contributed by atoms with Crippen LogP contribution in [-0.2, 0) is 4.79 Å². The predicted molar refractivity (Wildman–Crippen MR) is 86.7 cm³/mol. The maximum atomic E-state index is 12.0. The number of thioether (sulfide) groups is 1. The van der Waals surface area contributed by atoms with Crippen LogP contribution in [0.5, 0.6) is 0 Å². The number of nitrogens with zero attached hydrogens (tertiary/aromatic N) is 1. The molecule has 1 heterocycles. The van der Waals surface area contributed by atoms with Crippen molar-refractivity contribution in [3.8, 4) is 0 Å². The molecule has 2 rings (SSSR count). The lowest BCUT2D eigenvalue weighted by atomic mass is 9.98. The Hall–Kier alpha value is 0.320. The molecule has 19 heavy (non-hydrogen) atoms. The molecule has 7 heteroatoms. The summed E-state index contributed by atoms with van der Waals surface area (Å²) in [6.07, 6.45) is 3.87. The van der Waals surface area contributed by atoms with E-state index >= 15 is 0 Å². The third kappa shape index (κ3) is 5.68. The molecule has 1 amide bonds. The van der Waals surface area contributed by atoms with E-state index in [0.717, 1.165) is 51.9 Å². The van der Waals surface area contributed by atoms with E-state index in [-0.39, 0.29) is 30.7 Å². The van der Waals surface area contributed by atoms with Crippen LogP contribution in [-0.4, -0.2) is 54.0 Å². The highest BCUT2D eigenvalue weighted by molar-refractivity contribution is 7.99. The van der Waals surface area contributed by atoms with Gasteiger partial charge in [-0.15, -0.1) is 24.8 Å². The average molecular weight is 330 g/mol. The molecule has 4 nitrogen and oxygen atoms in total. The molecule has 0 radical (unpaired) electrons. The van der Waals surface area contributed by atoms with Gasteiger partial charge in [-0.3, -0.25) is 9.69 Å². The first-order valence-corrected chi connectivity index (χ1v) is 7.73. The molecule has 2 aliphatic rings. The first kappa shape index (κ1) is 19.3. The molecule has 0 aromatic carbocycles. The zero-order chi connectivity index (χ0) is 12.1. The standard InChI is InChI=1S/C12H23N3OS.2ClH/c13-12(3-1-2-4-12)11(16)14-5-6-15-7-9-17-10-8-15;;/h1-10,13H2,(H,14,16);2*1H. The van der Waals surface area contributed by atoms with Crippen LogP contribution in [0.25, 0.3) is 0 Å². The lowest BCUT2D eigenvalue weighted by molar-refractivity contribution is -0.126. The Morgan fingerprint density at radius 2 is 1.79 bits per heavy atom. The van der Waals surface area contributed by atoms with Gasteiger partial charge in [-0.25, -0.2) is 0 Å². The molecular weight excluding hydrogens is 305 g/mol. The van der Waals surface area contributed by atoms with Gasteiger partial charge in [0.15, 0.2) is 0 Å². The van der Waals surface area contributed by atoms with Gasteiger partial charge in [0.25, 0.3) is 0 Å². The fourth-order valence-electron chi connectivity index (χ4n) is 2.56. The lowest BCUT2D eigenvalue weighted by Crippen LogP contribution is -2.53. The van der Waals surface area contributed by atoms with Crippen LogP contribution in [0.1, 0.15) is 25.7 Å². The van der Waals surface area contributed by atoms with Gasteiger partial charge in [0.2, 0.25) is 5.91 Å². The second-order valence-electron chi connectivity index (χ2n) is 5.07. The second-order valence-corrected chi connectivity index (χ2v) is 6.30. The van der Waals surface area contributed by atoms with E-state index in [1.807, 2.05) is 11.8 Å². The molecule has 0 bridgehead atoms. The summed E-state index contributed by atoms with van der Waals surface area (Å²) in [6.45, 7) is 3.99. The van der Waals surface area contributed by atoms with Crippen molar-refractivity contribution in [1.82, 2.24) is 10.2 Å². The van der Waals surface area contributed by atoms with Crippen molar-refractivity contribution >= 4 is 42.5 Å². The Bertz CT molecular complexity index is 270. The van der Waals surface area contributed by atoms with E-state index < -0.39 is 5.54 Å². The molecule has 0 aromatic rings. The minimum Gasteiger partial charge on any atom is -0.353 e. The van der Waals surface area contributed by atoms with Crippen LogP contribution < -0.4 is 11.1 Å². The Morgan fingerprint density at radius 1 is 1.21 bits per heavy atom. The van der Waals surface area contributed by atoms with Gasteiger partial charge in [0, 0.05) is 37.7 Å². The van der Waals surface area contributed by atoms with Crippen molar-refractivity contribution in [1.29, 1.82) is 0 Å². The summed E-state index contributed by atoms with van der Waals surface area (Å²) in [5.41, 5.74) is 5.52. The maximum Gasteiger partial charge on any atom is 0.240 e. The Labute approximate surface area is 132 Å². The smallest absolute Gasteiger partial charge is 0.240 e. The quantitative estimate of drug-likeness (QED) is 0.815. The summed E-state index contributed by atoms with van der Waals surface area (Å²) in [4.78, 5) is 14.4. The molecule has 1 aliphatic carbocycles. The highest BCUT2D eigenvalue weighted by Gasteiger charge is 2.36. The summed E-state index contributed by atoms with van der Waals surface area (Å²) in [6, 6.07) is 0. The number of halogens is 2. The molecule has 0 unspecified atom stereocenters. The maximum absolute atomic E-state index is 12.0. The molecular formula is C12H25Cl2N3OS. The molecule has 0 aromatic heterocycles. The first-order chi connectivity index (χ1) is 8.21. The van der Waals surface area contributed by atoms with Crippen molar-refractivity contribution in [2.75, 3.05) is 37.7 Å². The third-order valence-electron chi connectivity index (χ3n) is 3.77. The van der Waals surface area contributed by atoms with Crippen LogP contribution in [0.2, 0.25) is 0 Å². The van der Waals surface area contributed by atoms with Gasteiger partial charge < -0.3 is 11.1 Å². The van der Waals surface area contributed by atoms with E-state index in [1.54, 1.807) is 0 Å². The number of carbonyl (C=O) groups excluding carboxylic acids is 1. The number of amides is 1. The first-order valence-electron chi connectivity index (χ1n) is 6.58. The minimum atomic E-state index is -0.572. The number of nitrogens with one attached hydrogen (secondary N) is 1. The molecule has 2 fully saturated rings. The summed E-state index contributed by atoms with van der Waals surface area (Å²) < 4.78 is 0. The number of carbonyl (C=O) groups is 1. The van der Waals surface area contributed by atoms with Gasteiger partial charge in [-0.2, -0.15) is 11.8 Å². The topological polar surface area (TPSA) is 58.4 Å². The molecule has 3 N–H and O–H groups in total. The van der Waals surface area contributed by atoms with Crippen molar-refractivity contribution in [2.24, 2.45) is 5.73 Å². The van der Waals surface area contributed by atoms with E-state index in [1.165, 1.54) is 11.5 Å². The summed E-state index contributed by atoms with van der Waals surface area (Å²) in [5, 5.41) is 3.00. The van der Waals surface area contributed by atoms with Crippen LogP contribution in [0.4, 0.5) is 0 Å². The summed E-state index contributed by atoms with van der Waals surface area (Å²) in [5.74, 6) is 2.49. The Morgan fingerprint density at radius 3 is 2.37 bits per heavy atom. The van der Waals surface area contributed by atoms with Gasteiger partial charge in [-0.05, 0) is 12.8 Å². The van der Waals surface area contributed by atoms with Gasteiger partial charge in [-0.1, -0.05) is 12.8 Å². The van der Waals surface area contributed by atoms with Gasteiger partial charge >= 0.3 is 0 Å². The normalized spacial score (nSPS) is 22.2. The summed E-state index contributed by atoms with van der Waals surface area (Å²) >= 11 is 2.01. The highest BCUT2D eigenvalue weighted by atomic mass is 35.5. The molecule has 0 atom stereocenters. The second kappa shape index (κ2) is 9.29. The van der Waals surface area contributed by atoms with E-state index in [9.17, 15) is 4.79 Å². The fraction of sp³-hybridized carbons (Fsp3) is 0.917. The molecule has 1 saturated carbocycles. The van der Waals surface area contributed by atoms with Crippen LogP contribution in [0, 0.1) is 0 Å². The fourth-order valence-corrected chi connectivity index (χ4v) is 3.54. The van der Waals surface area contributed by atoms with Crippen LogP contribution >= 0.6 is 36.6 Å². The monoisotopic (exact) mass is 329 g/mol. The van der Waals surface area contributed by atoms with Crippen LogP contribution in [0.15, 0.2) is 0 Å². The minimum absolute atomic E-state index is 0. The van der Waals surface area contributed by atoms with Crippen molar-refractivity contribution < 1.29 is 4.79 Å². The Kier molecular flexibility index (Phi) is 9.45. The van der Waals surface area contributed by atoms with E-state index in [0.29, 0.717) is 0 Å². The molecule has 0 spiro atoms. The van der Waals surface area contributed by atoms with Crippen molar-refractivity contribution in [2.45, 2.75) is 31.2 Å². The number of hydrogen-bond donors (Lipinski definition) is 2. The van der Waals surface area contributed by atoms with Crippen molar-refractivity contribution in [3.63, 3.8) is 0 Å². The van der Waals surface area contributed by atoms with Crippen molar-refractivity contribution in [3.05, 3.63) is 0 Å². The van der Waals surface area contributed by atoms with Crippen LogP contribution in [0.3, 0.4) is 0 Å². The zero-order valence-electron chi connectivity index (χ0n) is 11.2. The zero-order valence-corrected chi connectivity index (χ0v) is 13.7. The number of rotatable bonds is 4. The van der Waals surface area contributed by atoms with E-state index in [2.05, 4.69) is 10.2 Å².